The van der Waals surface area contributed by atoms with E-state index in [2.05, 4.69) is 5.32 Å². The molecule has 1 N–H and O–H groups in total. The maximum Gasteiger partial charge on any atom is 0.265 e. The maximum atomic E-state index is 12.1. The van der Waals surface area contributed by atoms with Gasteiger partial charge in [-0.05, 0) is 19.3 Å². The normalized spacial score (nSPS) is 33.8. The molecule has 2 aliphatic rings. The first-order valence-electron chi connectivity index (χ1n) is 4.37. The van der Waals surface area contributed by atoms with Gasteiger partial charge in [0.05, 0.1) is 6.61 Å². The van der Waals surface area contributed by atoms with Gasteiger partial charge in [-0.3, -0.25) is 0 Å². The van der Waals surface area contributed by atoms with Crippen LogP contribution < -0.4 is 5.32 Å². The third-order valence-electron chi connectivity index (χ3n) is 2.84. The fourth-order valence-corrected chi connectivity index (χ4v) is 1.78. The van der Waals surface area contributed by atoms with Crippen LogP contribution in [0.1, 0.15) is 19.3 Å². The second-order valence-corrected chi connectivity index (χ2v) is 3.70. The van der Waals surface area contributed by atoms with Crippen LogP contribution in [0.25, 0.3) is 0 Å². The number of hydrogen-bond donors (Lipinski definition) is 1. The van der Waals surface area contributed by atoms with E-state index in [0.717, 1.165) is 12.8 Å². The number of rotatable bonds is 1. The van der Waals surface area contributed by atoms with Gasteiger partial charge in [0, 0.05) is 12.1 Å². The highest BCUT2D eigenvalue weighted by Crippen LogP contribution is 2.34. The van der Waals surface area contributed by atoms with Crippen LogP contribution in [0, 0.1) is 0 Å². The molecule has 2 rings (SSSR count). The number of alkyl halides is 2. The Kier molecular flexibility index (Phi) is 2.04. The van der Waals surface area contributed by atoms with Crippen molar-refractivity contribution in [2.24, 2.45) is 0 Å². The number of ether oxygens (including phenoxy) is 1. The molecule has 1 atom stereocenters. The monoisotopic (exact) mass is 177 g/mol. The first-order valence-corrected chi connectivity index (χ1v) is 4.37. The molecule has 1 saturated heterocycles. The Morgan fingerprint density at radius 2 is 2.17 bits per heavy atom. The van der Waals surface area contributed by atoms with E-state index in [4.69, 9.17) is 4.74 Å². The van der Waals surface area contributed by atoms with Crippen LogP contribution in [0.3, 0.4) is 0 Å². The third kappa shape index (κ3) is 1.33. The Morgan fingerprint density at radius 1 is 1.42 bits per heavy atom. The van der Waals surface area contributed by atoms with Crippen molar-refractivity contribution in [3.63, 3.8) is 0 Å². The minimum absolute atomic E-state index is 0.0609. The summed E-state index contributed by atoms with van der Waals surface area (Å²) < 4.78 is 29.3. The molecule has 0 radical (unpaired) electrons. The molecule has 12 heavy (non-hydrogen) atoms. The number of hydrogen-bond acceptors (Lipinski definition) is 2. The molecule has 0 aromatic heterocycles. The fraction of sp³-hybridized carbons (Fsp3) is 1.00. The highest BCUT2D eigenvalue weighted by molar-refractivity contribution is 4.99. The van der Waals surface area contributed by atoms with E-state index in [9.17, 15) is 8.78 Å². The molecule has 2 fully saturated rings. The molecular formula is C8H13F2NO. The maximum absolute atomic E-state index is 12.1. The molecule has 0 amide bonds. The fourth-order valence-electron chi connectivity index (χ4n) is 1.78. The number of nitrogens with one attached hydrogen (secondary N) is 1. The lowest BCUT2D eigenvalue weighted by Gasteiger charge is -2.47. The average Bonchev–Trinajstić information content (AvgIpc) is 2.02. The summed E-state index contributed by atoms with van der Waals surface area (Å²) in [5.41, 5.74) is 0.0609. The number of halogens is 2. The van der Waals surface area contributed by atoms with E-state index in [-0.39, 0.29) is 5.54 Å². The van der Waals surface area contributed by atoms with Crippen LogP contribution in [0.15, 0.2) is 0 Å². The second-order valence-electron chi connectivity index (χ2n) is 3.70. The summed E-state index contributed by atoms with van der Waals surface area (Å²) in [7, 11) is 0. The van der Waals surface area contributed by atoms with E-state index in [1.807, 2.05) is 0 Å². The zero-order chi connectivity index (χ0) is 8.60. The Hall–Kier alpha value is -0.220. The van der Waals surface area contributed by atoms with Crippen molar-refractivity contribution >= 4 is 0 Å². The summed E-state index contributed by atoms with van der Waals surface area (Å²) in [5, 5.41) is 3.16. The molecule has 2 nitrogen and oxygen atoms in total. The highest BCUT2D eigenvalue weighted by Gasteiger charge is 2.42. The standard InChI is InChI=1S/C8H13F2NO/c9-7(10)6-4-11-8(5-12-6)2-1-3-8/h6-7,11H,1-5H2. The predicted octanol–water partition coefficient (Wildman–Crippen LogP) is 1.16. The van der Waals surface area contributed by atoms with Gasteiger partial charge in [0.2, 0.25) is 0 Å². The molecule has 1 saturated carbocycles. The van der Waals surface area contributed by atoms with Crippen molar-refractivity contribution in [1.29, 1.82) is 0 Å². The van der Waals surface area contributed by atoms with Crippen molar-refractivity contribution < 1.29 is 13.5 Å². The Balaban J connectivity index is 1.84. The van der Waals surface area contributed by atoms with Crippen LogP contribution in [0.2, 0.25) is 0 Å². The van der Waals surface area contributed by atoms with E-state index >= 15 is 0 Å². The van der Waals surface area contributed by atoms with E-state index in [0.29, 0.717) is 13.2 Å². The molecule has 1 unspecified atom stereocenters. The molecule has 1 spiro atoms. The van der Waals surface area contributed by atoms with Gasteiger partial charge >= 0.3 is 0 Å². The smallest absolute Gasteiger partial charge is 0.265 e. The first kappa shape index (κ1) is 8.38. The molecule has 0 aromatic carbocycles. The van der Waals surface area contributed by atoms with Gasteiger partial charge in [-0.25, -0.2) is 8.78 Å². The molecule has 70 valence electrons. The van der Waals surface area contributed by atoms with Crippen LogP contribution in [-0.4, -0.2) is 31.2 Å². The Bertz CT molecular complexity index is 160. The minimum atomic E-state index is -2.35. The zero-order valence-corrected chi connectivity index (χ0v) is 6.85. The molecule has 0 bridgehead atoms. The van der Waals surface area contributed by atoms with Gasteiger partial charge in [-0.2, -0.15) is 0 Å². The van der Waals surface area contributed by atoms with E-state index in [1.165, 1.54) is 6.42 Å². The summed E-state index contributed by atoms with van der Waals surface area (Å²) in [6, 6.07) is 0. The van der Waals surface area contributed by atoms with Crippen LogP contribution in [0.5, 0.6) is 0 Å². The van der Waals surface area contributed by atoms with E-state index < -0.39 is 12.5 Å². The largest absolute Gasteiger partial charge is 0.369 e. The van der Waals surface area contributed by atoms with E-state index in [1.54, 1.807) is 0 Å². The van der Waals surface area contributed by atoms with Crippen LogP contribution >= 0.6 is 0 Å². The van der Waals surface area contributed by atoms with Crippen molar-refractivity contribution in [3.8, 4) is 0 Å². The summed E-state index contributed by atoms with van der Waals surface area (Å²) in [6.45, 7) is 0.764. The van der Waals surface area contributed by atoms with Gasteiger partial charge in [0.15, 0.2) is 0 Å². The van der Waals surface area contributed by atoms with Crippen molar-refractivity contribution in [2.75, 3.05) is 13.2 Å². The van der Waals surface area contributed by atoms with Crippen LogP contribution in [-0.2, 0) is 4.74 Å². The first-order chi connectivity index (χ1) is 5.72. The van der Waals surface area contributed by atoms with Gasteiger partial charge in [0.1, 0.15) is 6.10 Å². The molecule has 1 aliphatic carbocycles. The summed E-state index contributed by atoms with van der Waals surface area (Å²) >= 11 is 0. The SMILES string of the molecule is FC(F)C1CNC2(CCC2)CO1. The average molecular weight is 177 g/mol. The lowest BCUT2D eigenvalue weighted by molar-refractivity contribution is -0.117. The number of morpholine rings is 1. The second kappa shape index (κ2) is 2.92. The summed E-state index contributed by atoms with van der Waals surface area (Å²) in [5.74, 6) is 0. The summed E-state index contributed by atoms with van der Waals surface area (Å²) in [4.78, 5) is 0. The Morgan fingerprint density at radius 3 is 2.50 bits per heavy atom. The topological polar surface area (TPSA) is 21.3 Å². The van der Waals surface area contributed by atoms with Gasteiger partial charge in [-0.1, -0.05) is 0 Å². The molecule has 1 heterocycles. The quantitative estimate of drug-likeness (QED) is 0.649. The van der Waals surface area contributed by atoms with Crippen LogP contribution in [0.4, 0.5) is 8.78 Å². The molecule has 0 aromatic rings. The minimum Gasteiger partial charge on any atom is -0.369 e. The van der Waals surface area contributed by atoms with Crippen molar-refractivity contribution in [3.05, 3.63) is 0 Å². The summed E-state index contributed by atoms with van der Waals surface area (Å²) in [6.07, 6.45) is 0.0906. The zero-order valence-electron chi connectivity index (χ0n) is 6.85. The molecule has 4 heteroatoms. The Labute approximate surface area is 70.3 Å². The van der Waals surface area contributed by atoms with Gasteiger partial charge < -0.3 is 10.1 Å². The van der Waals surface area contributed by atoms with Gasteiger partial charge in [-0.15, -0.1) is 0 Å². The lowest BCUT2D eigenvalue weighted by atomic mass is 9.76. The highest BCUT2D eigenvalue weighted by atomic mass is 19.3. The third-order valence-corrected chi connectivity index (χ3v) is 2.84. The lowest BCUT2D eigenvalue weighted by Crippen LogP contribution is -2.62. The van der Waals surface area contributed by atoms with Crippen molar-refractivity contribution in [1.82, 2.24) is 5.32 Å². The van der Waals surface area contributed by atoms with Crippen molar-refractivity contribution in [2.45, 2.75) is 37.3 Å². The molecular weight excluding hydrogens is 164 g/mol. The predicted molar refractivity (Wildman–Crippen MR) is 40.3 cm³/mol. The van der Waals surface area contributed by atoms with Gasteiger partial charge in [0.25, 0.3) is 6.43 Å². The molecule has 1 aliphatic heterocycles.